The number of hydrogen-bond donors (Lipinski definition) is 1. The van der Waals surface area contributed by atoms with Gasteiger partial charge in [-0.25, -0.2) is 0 Å². The van der Waals surface area contributed by atoms with E-state index in [-0.39, 0.29) is 0 Å². The van der Waals surface area contributed by atoms with Crippen LogP contribution in [0.1, 0.15) is 0 Å². The summed E-state index contributed by atoms with van der Waals surface area (Å²) in [5, 5.41) is 1.23. The molecule has 0 spiro atoms. The minimum absolute atomic E-state index is 1.16. The molecule has 1 heterocycles. The molecule has 1 radical (unpaired) electrons. The number of H-pyrrole nitrogens is 1. The first kappa shape index (κ1) is 8.30. The summed E-state index contributed by atoms with van der Waals surface area (Å²) in [5.41, 5.74) is 3.64. The molecule has 0 bridgehead atoms. The minimum atomic E-state index is 1.16. The van der Waals surface area contributed by atoms with Gasteiger partial charge < -0.3 is 4.98 Å². The maximum absolute atomic E-state index is 3.27. The van der Waals surface area contributed by atoms with Gasteiger partial charge in [0.1, 0.15) is 0 Å². The lowest BCUT2D eigenvalue weighted by molar-refractivity contribution is 1.47. The van der Waals surface area contributed by atoms with Gasteiger partial charge in [-0.05, 0) is 23.8 Å². The Balaban J connectivity index is 2.28. The maximum Gasteiger partial charge on any atom is 0.0460 e. The van der Waals surface area contributed by atoms with Gasteiger partial charge in [-0.3, -0.25) is 0 Å². The molecular weight excluding hydrogens is 182 g/mol. The Hall–Kier alpha value is -2.02. The van der Waals surface area contributed by atoms with Crippen LogP contribution in [0.3, 0.4) is 0 Å². The number of benzene rings is 2. The molecule has 1 nitrogen and oxygen atoms in total. The molecule has 71 valence electrons. The SMILES string of the molecule is [c]1ccc2[nH]cc(-c3ccccc3)c2c1. The lowest BCUT2D eigenvalue weighted by Crippen LogP contribution is -1.73. The summed E-state index contributed by atoms with van der Waals surface area (Å²) in [4.78, 5) is 3.27. The Morgan fingerprint density at radius 1 is 1.00 bits per heavy atom. The van der Waals surface area contributed by atoms with Gasteiger partial charge in [0.15, 0.2) is 0 Å². The normalized spacial score (nSPS) is 10.7. The third-order valence-electron chi connectivity index (χ3n) is 2.61. The molecule has 15 heavy (non-hydrogen) atoms. The van der Waals surface area contributed by atoms with Crippen molar-refractivity contribution in [1.29, 1.82) is 0 Å². The average Bonchev–Trinajstić information content (AvgIpc) is 2.74. The van der Waals surface area contributed by atoms with Gasteiger partial charge in [-0.15, -0.1) is 0 Å². The summed E-state index contributed by atoms with van der Waals surface area (Å²) in [5.74, 6) is 0. The predicted molar refractivity (Wildman–Crippen MR) is 62.6 cm³/mol. The van der Waals surface area contributed by atoms with Gasteiger partial charge in [-0.2, -0.15) is 0 Å². The summed E-state index contributed by atoms with van der Waals surface area (Å²) >= 11 is 0. The molecule has 0 atom stereocenters. The standard InChI is InChI=1S/C14H10N/c1-2-6-11(7-3-1)13-10-15-14-9-5-4-8-12(13)14/h1-3,5-10,15H. The van der Waals surface area contributed by atoms with E-state index in [0.29, 0.717) is 0 Å². The van der Waals surface area contributed by atoms with Gasteiger partial charge in [0, 0.05) is 22.7 Å². The molecule has 0 amide bonds. The zero-order chi connectivity index (χ0) is 10.1. The fourth-order valence-electron chi connectivity index (χ4n) is 1.86. The van der Waals surface area contributed by atoms with Crippen molar-refractivity contribution in [2.24, 2.45) is 0 Å². The maximum atomic E-state index is 3.27. The Morgan fingerprint density at radius 3 is 2.73 bits per heavy atom. The second kappa shape index (κ2) is 3.28. The summed E-state index contributed by atoms with van der Waals surface area (Å²) in [6, 6.07) is 19.5. The third-order valence-corrected chi connectivity index (χ3v) is 2.61. The molecule has 0 aliphatic carbocycles. The van der Waals surface area contributed by atoms with Crippen molar-refractivity contribution in [1.82, 2.24) is 4.98 Å². The van der Waals surface area contributed by atoms with Crippen molar-refractivity contribution < 1.29 is 0 Å². The minimum Gasteiger partial charge on any atom is -0.361 e. The van der Waals surface area contributed by atoms with Crippen LogP contribution in [-0.2, 0) is 0 Å². The molecule has 3 rings (SSSR count). The molecule has 0 saturated carbocycles. The van der Waals surface area contributed by atoms with Gasteiger partial charge in [-0.1, -0.05) is 36.4 Å². The Kier molecular flexibility index (Phi) is 1.82. The zero-order valence-corrected chi connectivity index (χ0v) is 8.20. The molecule has 2 aromatic carbocycles. The van der Waals surface area contributed by atoms with Crippen LogP contribution in [0.2, 0.25) is 0 Å². The number of hydrogen-bond acceptors (Lipinski definition) is 0. The fourth-order valence-corrected chi connectivity index (χ4v) is 1.86. The fraction of sp³-hybridized carbons (Fsp3) is 0. The number of rotatable bonds is 1. The van der Waals surface area contributed by atoms with Crippen molar-refractivity contribution in [3.8, 4) is 11.1 Å². The molecular formula is C14H10N. The van der Waals surface area contributed by atoms with E-state index in [1.54, 1.807) is 0 Å². The van der Waals surface area contributed by atoms with Crippen LogP contribution >= 0.6 is 0 Å². The first-order chi connectivity index (χ1) is 7.45. The van der Waals surface area contributed by atoms with Gasteiger partial charge >= 0.3 is 0 Å². The zero-order valence-electron chi connectivity index (χ0n) is 8.20. The lowest BCUT2D eigenvalue weighted by Gasteiger charge is -1.97. The lowest BCUT2D eigenvalue weighted by atomic mass is 10.1. The van der Waals surface area contributed by atoms with Crippen molar-refractivity contribution in [3.63, 3.8) is 0 Å². The monoisotopic (exact) mass is 192 g/mol. The van der Waals surface area contributed by atoms with Gasteiger partial charge in [0.2, 0.25) is 0 Å². The van der Waals surface area contributed by atoms with Crippen LogP contribution in [-0.4, -0.2) is 4.98 Å². The third kappa shape index (κ3) is 1.33. The van der Waals surface area contributed by atoms with E-state index < -0.39 is 0 Å². The largest absolute Gasteiger partial charge is 0.361 e. The van der Waals surface area contributed by atoms with E-state index in [9.17, 15) is 0 Å². The highest BCUT2D eigenvalue weighted by Crippen LogP contribution is 2.27. The van der Waals surface area contributed by atoms with Crippen LogP contribution in [0.15, 0.2) is 54.7 Å². The van der Waals surface area contributed by atoms with Crippen molar-refractivity contribution >= 4 is 10.9 Å². The average molecular weight is 192 g/mol. The Bertz CT molecular complexity index is 578. The van der Waals surface area contributed by atoms with Gasteiger partial charge in [0.25, 0.3) is 0 Å². The molecule has 1 N–H and O–H groups in total. The summed E-state index contributed by atoms with van der Waals surface area (Å²) in [6.07, 6.45) is 2.05. The summed E-state index contributed by atoms with van der Waals surface area (Å²) in [7, 11) is 0. The van der Waals surface area contributed by atoms with E-state index >= 15 is 0 Å². The van der Waals surface area contributed by atoms with Crippen molar-refractivity contribution in [2.45, 2.75) is 0 Å². The van der Waals surface area contributed by atoms with Crippen molar-refractivity contribution in [3.05, 3.63) is 60.8 Å². The molecule has 0 aliphatic heterocycles. The van der Waals surface area contributed by atoms with E-state index in [4.69, 9.17) is 0 Å². The van der Waals surface area contributed by atoms with Crippen molar-refractivity contribution in [2.75, 3.05) is 0 Å². The number of aromatic amines is 1. The van der Waals surface area contributed by atoms with Crippen LogP contribution in [0.25, 0.3) is 22.0 Å². The molecule has 3 aromatic rings. The summed E-state index contributed by atoms with van der Waals surface area (Å²) in [6.45, 7) is 0. The molecule has 1 aromatic heterocycles. The predicted octanol–water partition coefficient (Wildman–Crippen LogP) is 3.64. The highest BCUT2D eigenvalue weighted by molar-refractivity contribution is 5.95. The first-order valence-electron chi connectivity index (χ1n) is 4.98. The quantitative estimate of drug-likeness (QED) is 0.606. The second-order valence-electron chi connectivity index (χ2n) is 3.54. The Morgan fingerprint density at radius 2 is 1.87 bits per heavy atom. The van der Waals surface area contributed by atoms with E-state index in [0.717, 1.165) is 5.52 Å². The van der Waals surface area contributed by atoms with E-state index in [1.165, 1.54) is 16.5 Å². The highest BCUT2D eigenvalue weighted by Gasteiger charge is 2.03. The van der Waals surface area contributed by atoms with E-state index in [1.807, 2.05) is 30.5 Å². The topological polar surface area (TPSA) is 15.8 Å². The number of fused-ring (bicyclic) bond motifs is 1. The second-order valence-corrected chi connectivity index (χ2v) is 3.54. The van der Waals surface area contributed by atoms with Crippen LogP contribution in [0.5, 0.6) is 0 Å². The van der Waals surface area contributed by atoms with Gasteiger partial charge in [0.05, 0.1) is 0 Å². The Labute approximate surface area is 88.4 Å². The first-order valence-corrected chi connectivity index (χ1v) is 4.98. The molecule has 0 aliphatic rings. The van der Waals surface area contributed by atoms with Crippen LogP contribution in [0, 0.1) is 6.07 Å². The molecule has 0 saturated heterocycles. The smallest absolute Gasteiger partial charge is 0.0460 e. The molecule has 1 heteroatoms. The number of nitrogens with one attached hydrogen (secondary N) is 1. The van der Waals surface area contributed by atoms with E-state index in [2.05, 4.69) is 35.3 Å². The highest BCUT2D eigenvalue weighted by atomic mass is 14.7. The molecule has 0 fully saturated rings. The summed E-state index contributed by atoms with van der Waals surface area (Å²) < 4.78 is 0. The molecule has 0 unspecified atom stereocenters. The van der Waals surface area contributed by atoms with Crippen LogP contribution in [0.4, 0.5) is 0 Å². The van der Waals surface area contributed by atoms with Crippen LogP contribution < -0.4 is 0 Å². The number of aromatic nitrogens is 1.